The Morgan fingerprint density at radius 2 is 1.96 bits per heavy atom. The number of hydrogen-bond donors (Lipinski definition) is 0. The van der Waals surface area contributed by atoms with Gasteiger partial charge in [0.1, 0.15) is 22.9 Å². The Hall–Kier alpha value is -2.13. The topological polar surface area (TPSA) is 38.5 Å². The molecule has 0 aliphatic heterocycles. The van der Waals surface area contributed by atoms with Crippen molar-refractivity contribution >= 4 is 45.6 Å². The lowest BCUT2D eigenvalue weighted by Crippen LogP contribution is -2.15. The first-order valence-electron chi connectivity index (χ1n) is 7.27. The zero-order valence-electron chi connectivity index (χ0n) is 13.7. The van der Waals surface area contributed by atoms with Gasteiger partial charge in [-0.2, -0.15) is 13.2 Å². The van der Waals surface area contributed by atoms with Gasteiger partial charge in [0.2, 0.25) is 5.69 Å². The van der Waals surface area contributed by atoms with E-state index in [9.17, 15) is 22.4 Å². The van der Waals surface area contributed by atoms with E-state index in [4.69, 9.17) is 16.5 Å². The Morgan fingerprint density at radius 1 is 1.26 bits per heavy atom. The number of nitrogens with zero attached hydrogens (tertiary/aromatic N) is 1. The molecule has 0 atom stereocenters. The summed E-state index contributed by atoms with van der Waals surface area (Å²) in [5.74, 6) is -1.49. The van der Waals surface area contributed by atoms with Gasteiger partial charge in [-0.3, -0.25) is 0 Å². The standard InChI is InChI=1S/C17H12BrClF4NO3/c1-26-16(25)11-6-5-10(20)7-15(11)27-14-4-2-3-13(12(14)8-18)24(19)9-17(21,22)23/h2-7,9H,8H2,1H3/q+1/b24-9+. The third-order valence-corrected chi connectivity index (χ3v) is 4.14. The number of carbonyl (C=O) groups excluding carboxylic acids is 1. The maximum atomic E-state index is 13.6. The summed E-state index contributed by atoms with van der Waals surface area (Å²) in [5, 5.41) is 0.0797. The highest BCUT2D eigenvalue weighted by Gasteiger charge is 2.33. The number of halogens is 6. The highest BCUT2D eigenvalue weighted by molar-refractivity contribution is 9.08. The number of hydrogen-bond acceptors (Lipinski definition) is 3. The Bertz CT molecular complexity index is 887. The molecule has 0 aromatic heterocycles. The molecule has 10 heteroatoms. The molecule has 0 spiro atoms. The van der Waals surface area contributed by atoms with Gasteiger partial charge >= 0.3 is 12.1 Å². The van der Waals surface area contributed by atoms with Crippen molar-refractivity contribution < 1.29 is 35.9 Å². The summed E-state index contributed by atoms with van der Waals surface area (Å²) in [5.41, 5.74) is 0.210. The van der Waals surface area contributed by atoms with E-state index in [0.29, 0.717) is 4.09 Å². The fraction of sp³-hybridized carbons (Fsp3) is 0.176. The molecule has 0 fully saturated rings. The molecule has 0 N–H and O–H groups in total. The minimum Gasteiger partial charge on any atom is -0.465 e. The van der Waals surface area contributed by atoms with Crippen LogP contribution in [-0.4, -0.2) is 29.6 Å². The average Bonchev–Trinajstić information content (AvgIpc) is 2.59. The van der Waals surface area contributed by atoms with Gasteiger partial charge in [-0.05, 0) is 18.2 Å². The second-order valence-corrected chi connectivity index (χ2v) is 6.03. The molecule has 0 radical (unpaired) electrons. The SMILES string of the molecule is COC(=O)c1ccc(F)cc1Oc1cccc(/[N+](Cl)=C\C(F)(F)F)c1CBr. The van der Waals surface area contributed by atoms with Gasteiger partial charge in [-0.15, -0.1) is 0 Å². The first-order chi connectivity index (χ1) is 12.7. The van der Waals surface area contributed by atoms with E-state index in [1.165, 1.54) is 24.3 Å². The van der Waals surface area contributed by atoms with E-state index < -0.39 is 18.0 Å². The second-order valence-electron chi connectivity index (χ2n) is 5.10. The first-order valence-corrected chi connectivity index (χ1v) is 8.73. The molecule has 2 rings (SSSR count). The molecular weight excluding hydrogens is 458 g/mol. The minimum absolute atomic E-state index is 0.000567. The summed E-state index contributed by atoms with van der Waals surface area (Å²) in [4.78, 5) is 11.8. The van der Waals surface area contributed by atoms with Gasteiger partial charge in [0.15, 0.2) is 0 Å². The Balaban J connectivity index is 2.53. The van der Waals surface area contributed by atoms with Crippen LogP contribution in [0.25, 0.3) is 0 Å². The Kier molecular flexibility index (Phi) is 6.83. The molecule has 0 aliphatic carbocycles. The largest absolute Gasteiger partial charge is 0.471 e. The van der Waals surface area contributed by atoms with Crippen LogP contribution in [0.3, 0.4) is 0 Å². The summed E-state index contributed by atoms with van der Waals surface area (Å²) in [6.07, 6.45) is -4.76. The molecule has 0 heterocycles. The summed E-state index contributed by atoms with van der Waals surface area (Å²) < 4.78 is 61.9. The predicted molar refractivity (Wildman–Crippen MR) is 94.8 cm³/mol. The molecule has 0 bridgehead atoms. The van der Waals surface area contributed by atoms with Crippen LogP contribution >= 0.6 is 27.7 Å². The summed E-state index contributed by atoms with van der Waals surface area (Å²) >= 11 is 8.90. The molecule has 144 valence electrons. The molecular formula is C17H12BrClF4NO3+. The lowest BCUT2D eigenvalue weighted by molar-refractivity contribution is -0.278. The fourth-order valence-corrected chi connectivity index (χ4v) is 2.99. The highest BCUT2D eigenvalue weighted by Crippen LogP contribution is 2.36. The second kappa shape index (κ2) is 8.71. The molecule has 0 saturated carbocycles. The van der Waals surface area contributed by atoms with Crippen LogP contribution < -0.4 is 4.74 Å². The van der Waals surface area contributed by atoms with Crippen molar-refractivity contribution in [3.05, 3.63) is 53.3 Å². The van der Waals surface area contributed by atoms with E-state index >= 15 is 0 Å². The van der Waals surface area contributed by atoms with Gasteiger partial charge in [-0.1, -0.05) is 26.1 Å². The van der Waals surface area contributed by atoms with E-state index in [2.05, 4.69) is 20.7 Å². The van der Waals surface area contributed by atoms with E-state index in [1.54, 1.807) is 0 Å². The zero-order chi connectivity index (χ0) is 20.2. The monoisotopic (exact) mass is 468 g/mol. The normalized spacial score (nSPS) is 12.0. The Morgan fingerprint density at radius 3 is 2.56 bits per heavy atom. The minimum atomic E-state index is -4.64. The van der Waals surface area contributed by atoms with Gasteiger partial charge in [0.05, 0.1) is 12.7 Å². The number of ether oxygens (including phenoxy) is 2. The van der Waals surface area contributed by atoms with Crippen LogP contribution in [0.5, 0.6) is 11.5 Å². The molecule has 2 aromatic rings. The maximum absolute atomic E-state index is 13.6. The van der Waals surface area contributed by atoms with Crippen molar-refractivity contribution in [1.29, 1.82) is 0 Å². The fourth-order valence-electron chi connectivity index (χ4n) is 2.16. The van der Waals surface area contributed by atoms with Crippen LogP contribution in [0.2, 0.25) is 0 Å². The predicted octanol–water partition coefficient (Wildman–Crippen LogP) is 5.73. The zero-order valence-corrected chi connectivity index (χ0v) is 16.0. The lowest BCUT2D eigenvalue weighted by Gasteiger charge is -2.13. The number of alkyl halides is 4. The molecule has 0 amide bonds. The number of methoxy groups -OCH3 is 1. The number of esters is 1. The molecule has 2 aromatic carbocycles. The molecule has 4 nitrogen and oxygen atoms in total. The van der Waals surface area contributed by atoms with Crippen LogP contribution in [0, 0.1) is 5.82 Å². The summed E-state index contributed by atoms with van der Waals surface area (Å²) in [6.45, 7) is 0. The van der Waals surface area contributed by atoms with E-state index in [0.717, 1.165) is 19.2 Å². The summed E-state index contributed by atoms with van der Waals surface area (Å²) in [6, 6.07) is 7.42. The van der Waals surface area contributed by atoms with Crippen LogP contribution in [0.1, 0.15) is 15.9 Å². The number of benzene rings is 2. The molecule has 0 saturated heterocycles. The van der Waals surface area contributed by atoms with Crippen molar-refractivity contribution in [2.45, 2.75) is 11.5 Å². The van der Waals surface area contributed by atoms with Crippen LogP contribution in [0.15, 0.2) is 36.4 Å². The quantitative estimate of drug-likeness (QED) is 0.185. The van der Waals surface area contributed by atoms with Crippen LogP contribution in [-0.2, 0) is 10.1 Å². The molecule has 0 unspecified atom stereocenters. The van der Waals surface area contributed by atoms with Gasteiger partial charge in [-0.25, -0.2) is 9.18 Å². The van der Waals surface area contributed by atoms with E-state index in [1.807, 2.05) is 0 Å². The highest BCUT2D eigenvalue weighted by atomic mass is 79.9. The first kappa shape index (κ1) is 21.2. The molecule has 0 aliphatic rings. The Labute approximate surface area is 165 Å². The van der Waals surface area contributed by atoms with Gasteiger partial charge in [0, 0.05) is 17.5 Å². The van der Waals surface area contributed by atoms with Gasteiger partial charge < -0.3 is 9.47 Å². The lowest BCUT2D eigenvalue weighted by atomic mass is 10.1. The molecule has 27 heavy (non-hydrogen) atoms. The van der Waals surface area contributed by atoms with Crippen molar-refractivity contribution in [3.63, 3.8) is 0 Å². The van der Waals surface area contributed by atoms with Crippen LogP contribution in [0.4, 0.5) is 23.2 Å². The van der Waals surface area contributed by atoms with Crippen molar-refractivity contribution in [2.24, 2.45) is 0 Å². The van der Waals surface area contributed by atoms with Crippen molar-refractivity contribution in [3.8, 4) is 11.5 Å². The van der Waals surface area contributed by atoms with E-state index in [-0.39, 0.29) is 39.9 Å². The number of carbonyl (C=O) groups is 1. The summed E-state index contributed by atoms with van der Waals surface area (Å²) in [7, 11) is 1.15. The average molecular weight is 470 g/mol. The number of rotatable bonds is 5. The van der Waals surface area contributed by atoms with Crippen molar-refractivity contribution in [1.82, 2.24) is 0 Å². The third kappa shape index (κ3) is 5.43. The van der Waals surface area contributed by atoms with Crippen molar-refractivity contribution in [2.75, 3.05) is 7.11 Å². The van der Waals surface area contributed by atoms with Gasteiger partial charge in [0.25, 0.3) is 18.0 Å². The smallest absolute Gasteiger partial charge is 0.465 e. The third-order valence-electron chi connectivity index (χ3n) is 3.30. The maximum Gasteiger partial charge on any atom is 0.471 e.